The summed E-state index contributed by atoms with van der Waals surface area (Å²) < 4.78 is 4.93. The number of nitrogens with zero attached hydrogens (tertiary/aromatic N) is 1. The molecular weight excluding hydrogens is 220 g/mol. The van der Waals surface area contributed by atoms with Crippen LogP contribution in [0.2, 0.25) is 0 Å². The van der Waals surface area contributed by atoms with Crippen molar-refractivity contribution < 1.29 is 14.3 Å². The predicted octanol–water partition coefficient (Wildman–Crippen LogP) is 1.30. The van der Waals surface area contributed by atoms with Crippen molar-refractivity contribution in [3.63, 3.8) is 0 Å². The lowest BCUT2D eigenvalue weighted by atomic mass is 10.2. The molecule has 1 saturated heterocycles. The lowest BCUT2D eigenvalue weighted by molar-refractivity contribution is -0.121. The van der Waals surface area contributed by atoms with Gasteiger partial charge in [-0.25, -0.2) is 4.79 Å². The molecule has 2 amide bonds. The standard InChI is InChI=1S/C12H20N2O3/c1-3-5-11(15)13-10-6-7-14(9-10)12(16)17-8-4-2/h4,10H,2-3,5-9H2,1H3,(H,13,15). The Labute approximate surface area is 102 Å². The summed E-state index contributed by atoms with van der Waals surface area (Å²) in [6, 6.07) is 0.0605. The Morgan fingerprint density at radius 1 is 1.59 bits per heavy atom. The molecule has 0 aromatic carbocycles. The largest absolute Gasteiger partial charge is 0.445 e. The number of carbonyl (C=O) groups excluding carboxylic acids is 2. The quantitative estimate of drug-likeness (QED) is 0.737. The molecule has 0 aromatic heterocycles. The van der Waals surface area contributed by atoms with E-state index in [-0.39, 0.29) is 24.6 Å². The van der Waals surface area contributed by atoms with Crippen LogP contribution in [-0.2, 0) is 9.53 Å². The van der Waals surface area contributed by atoms with Gasteiger partial charge < -0.3 is 15.0 Å². The maximum Gasteiger partial charge on any atom is 0.410 e. The fourth-order valence-electron chi connectivity index (χ4n) is 1.79. The Morgan fingerprint density at radius 3 is 3.00 bits per heavy atom. The number of hydrogen-bond donors (Lipinski definition) is 1. The number of likely N-dealkylation sites (tertiary alicyclic amines) is 1. The SMILES string of the molecule is C=CCOC(=O)N1CCC(NC(=O)CCC)C1. The summed E-state index contributed by atoms with van der Waals surface area (Å²) in [6.45, 7) is 6.84. The van der Waals surface area contributed by atoms with Gasteiger partial charge in [0.15, 0.2) is 0 Å². The highest BCUT2D eigenvalue weighted by molar-refractivity contribution is 5.76. The smallest absolute Gasteiger partial charge is 0.410 e. The first-order valence-corrected chi connectivity index (χ1v) is 5.99. The van der Waals surface area contributed by atoms with E-state index in [4.69, 9.17) is 4.74 Å². The second-order valence-electron chi connectivity index (χ2n) is 4.11. The van der Waals surface area contributed by atoms with E-state index < -0.39 is 0 Å². The second kappa shape index (κ2) is 6.93. The van der Waals surface area contributed by atoms with Crippen LogP contribution in [0.5, 0.6) is 0 Å². The molecule has 0 saturated carbocycles. The molecule has 1 heterocycles. The first-order valence-electron chi connectivity index (χ1n) is 5.99. The molecule has 0 aromatic rings. The highest BCUT2D eigenvalue weighted by atomic mass is 16.6. The number of hydrogen-bond acceptors (Lipinski definition) is 3. The van der Waals surface area contributed by atoms with Crippen molar-refractivity contribution in [3.8, 4) is 0 Å². The third-order valence-corrected chi connectivity index (χ3v) is 2.61. The average Bonchev–Trinajstić information content (AvgIpc) is 2.74. The summed E-state index contributed by atoms with van der Waals surface area (Å²) in [7, 11) is 0. The third-order valence-electron chi connectivity index (χ3n) is 2.61. The zero-order chi connectivity index (χ0) is 12.7. The average molecular weight is 240 g/mol. The highest BCUT2D eigenvalue weighted by Crippen LogP contribution is 2.10. The summed E-state index contributed by atoms with van der Waals surface area (Å²) >= 11 is 0. The molecule has 1 rings (SSSR count). The Bertz CT molecular complexity index is 291. The summed E-state index contributed by atoms with van der Waals surface area (Å²) in [4.78, 5) is 24.5. The Morgan fingerprint density at radius 2 is 2.35 bits per heavy atom. The van der Waals surface area contributed by atoms with Gasteiger partial charge in [-0.15, -0.1) is 0 Å². The number of rotatable bonds is 5. The van der Waals surface area contributed by atoms with Gasteiger partial charge in [0.25, 0.3) is 0 Å². The van der Waals surface area contributed by atoms with E-state index in [2.05, 4.69) is 11.9 Å². The number of nitrogens with one attached hydrogen (secondary N) is 1. The fourth-order valence-corrected chi connectivity index (χ4v) is 1.79. The van der Waals surface area contributed by atoms with Crippen molar-refractivity contribution in [1.29, 1.82) is 0 Å². The molecule has 1 aliphatic rings. The van der Waals surface area contributed by atoms with Gasteiger partial charge in [0.2, 0.25) is 5.91 Å². The van der Waals surface area contributed by atoms with Crippen molar-refractivity contribution in [2.45, 2.75) is 32.2 Å². The molecule has 0 spiro atoms. The molecule has 17 heavy (non-hydrogen) atoms. The molecule has 0 bridgehead atoms. The maximum atomic E-state index is 11.5. The van der Waals surface area contributed by atoms with Gasteiger partial charge in [0, 0.05) is 25.6 Å². The molecule has 1 unspecified atom stereocenters. The van der Waals surface area contributed by atoms with Crippen LogP contribution in [0.3, 0.4) is 0 Å². The van der Waals surface area contributed by atoms with E-state index in [1.165, 1.54) is 6.08 Å². The van der Waals surface area contributed by atoms with Crippen molar-refractivity contribution in [1.82, 2.24) is 10.2 Å². The number of carbonyl (C=O) groups is 2. The molecule has 0 aliphatic carbocycles. The van der Waals surface area contributed by atoms with Crippen LogP contribution in [0.1, 0.15) is 26.2 Å². The van der Waals surface area contributed by atoms with Gasteiger partial charge in [-0.3, -0.25) is 4.79 Å². The summed E-state index contributed by atoms with van der Waals surface area (Å²) in [5, 5.41) is 2.91. The molecule has 5 heteroatoms. The first-order chi connectivity index (χ1) is 8.17. The Hall–Kier alpha value is -1.52. The van der Waals surface area contributed by atoms with Crippen molar-refractivity contribution in [3.05, 3.63) is 12.7 Å². The van der Waals surface area contributed by atoms with E-state index in [0.29, 0.717) is 19.5 Å². The van der Waals surface area contributed by atoms with E-state index in [1.54, 1.807) is 4.90 Å². The van der Waals surface area contributed by atoms with Gasteiger partial charge in [0.05, 0.1) is 0 Å². The maximum absolute atomic E-state index is 11.5. The van der Waals surface area contributed by atoms with E-state index in [0.717, 1.165) is 12.8 Å². The van der Waals surface area contributed by atoms with Crippen LogP contribution >= 0.6 is 0 Å². The minimum Gasteiger partial charge on any atom is -0.445 e. The van der Waals surface area contributed by atoms with E-state index in [1.807, 2.05) is 6.92 Å². The monoisotopic (exact) mass is 240 g/mol. The predicted molar refractivity (Wildman–Crippen MR) is 64.6 cm³/mol. The van der Waals surface area contributed by atoms with Gasteiger partial charge in [-0.2, -0.15) is 0 Å². The second-order valence-corrected chi connectivity index (χ2v) is 4.11. The zero-order valence-electron chi connectivity index (χ0n) is 10.3. The first kappa shape index (κ1) is 13.5. The van der Waals surface area contributed by atoms with Gasteiger partial charge in [-0.05, 0) is 12.8 Å². The van der Waals surface area contributed by atoms with Crippen LogP contribution in [0.15, 0.2) is 12.7 Å². The minimum atomic E-state index is -0.336. The molecule has 1 atom stereocenters. The number of ether oxygens (including phenoxy) is 1. The molecule has 0 radical (unpaired) electrons. The highest BCUT2D eigenvalue weighted by Gasteiger charge is 2.27. The van der Waals surface area contributed by atoms with Gasteiger partial charge in [-0.1, -0.05) is 19.6 Å². The van der Waals surface area contributed by atoms with Crippen LogP contribution in [0.4, 0.5) is 4.79 Å². The molecular formula is C12H20N2O3. The minimum absolute atomic E-state index is 0.0545. The van der Waals surface area contributed by atoms with E-state index >= 15 is 0 Å². The third kappa shape index (κ3) is 4.46. The Balaban J connectivity index is 2.29. The van der Waals surface area contributed by atoms with Gasteiger partial charge >= 0.3 is 6.09 Å². The van der Waals surface area contributed by atoms with Crippen LogP contribution < -0.4 is 5.32 Å². The summed E-state index contributed by atoms with van der Waals surface area (Å²) in [5.74, 6) is 0.0545. The van der Waals surface area contributed by atoms with Crippen molar-refractivity contribution >= 4 is 12.0 Å². The normalized spacial score (nSPS) is 18.9. The van der Waals surface area contributed by atoms with E-state index in [9.17, 15) is 9.59 Å². The fraction of sp³-hybridized carbons (Fsp3) is 0.667. The van der Waals surface area contributed by atoms with Crippen molar-refractivity contribution in [2.24, 2.45) is 0 Å². The van der Waals surface area contributed by atoms with Crippen LogP contribution in [0.25, 0.3) is 0 Å². The molecule has 1 fully saturated rings. The molecule has 1 N–H and O–H groups in total. The lowest BCUT2D eigenvalue weighted by Crippen LogP contribution is -2.38. The van der Waals surface area contributed by atoms with Crippen LogP contribution in [-0.4, -0.2) is 42.6 Å². The topological polar surface area (TPSA) is 58.6 Å². The molecule has 96 valence electrons. The molecule has 1 aliphatic heterocycles. The Kier molecular flexibility index (Phi) is 5.52. The molecule has 5 nitrogen and oxygen atoms in total. The zero-order valence-corrected chi connectivity index (χ0v) is 10.3. The van der Waals surface area contributed by atoms with Crippen LogP contribution in [0, 0.1) is 0 Å². The number of amides is 2. The lowest BCUT2D eigenvalue weighted by Gasteiger charge is -2.16. The van der Waals surface area contributed by atoms with Gasteiger partial charge in [0.1, 0.15) is 6.61 Å². The summed E-state index contributed by atoms with van der Waals surface area (Å²) in [6.07, 6.45) is 3.37. The van der Waals surface area contributed by atoms with Crippen molar-refractivity contribution in [2.75, 3.05) is 19.7 Å². The summed E-state index contributed by atoms with van der Waals surface area (Å²) in [5.41, 5.74) is 0.